The van der Waals surface area contributed by atoms with Crippen LogP contribution < -0.4 is 10.6 Å². The number of hydrogen-bond acceptors (Lipinski definition) is 6. The van der Waals surface area contributed by atoms with E-state index in [9.17, 15) is 9.59 Å². The maximum atomic E-state index is 12.5. The number of carbonyl (C=O) groups is 2. The van der Waals surface area contributed by atoms with E-state index in [1.807, 2.05) is 30.3 Å². The van der Waals surface area contributed by atoms with Crippen LogP contribution >= 0.6 is 23.1 Å². The number of hydrogen-bond donors (Lipinski definition) is 2. The Hall–Kier alpha value is -2.71. The molecule has 27 heavy (non-hydrogen) atoms. The quantitative estimate of drug-likeness (QED) is 0.569. The third-order valence-corrected chi connectivity index (χ3v) is 5.51. The van der Waals surface area contributed by atoms with Crippen molar-refractivity contribution < 1.29 is 9.59 Å². The zero-order valence-electron chi connectivity index (χ0n) is 14.4. The Morgan fingerprint density at radius 1 is 1.04 bits per heavy atom. The van der Waals surface area contributed by atoms with Crippen molar-refractivity contribution >= 4 is 40.6 Å². The number of benzene rings is 2. The van der Waals surface area contributed by atoms with Gasteiger partial charge in [-0.3, -0.25) is 9.59 Å². The van der Waals surface area contributed by atoms with Crippen LogP contribution in [0.25, 0.3) is 0 Å². The first-order chi connectivity index (χ1) is 13.2. The number of aromatic nitrogens is 2. The van der Waals surface area contributed by atoms with Crippen LogP contribution in [0.1, 0.15) is 15.9 Å². The molecule has 0 spiro atoms. The van der Waals surface area contributed by atoms with Crippen molar-refractivity contribution in [3.63, 3.8) is 0 Å². The average molecular weight is 399 g/mol. The second-order valence-electron chi connectivity index (χ2n) is 5.58. The van der Waals surface area contributed by atoms with Crippen molar-refractivity contribution in [1.82, 2.24) is 15.5 Å². The summed E-state index contributed by atoms with van der Waals surface area (Å²) in [5, 5.41) is 13.3. The summed E-state index contributed by atoms with van der Waals surface area (Å²) in [6.07, 6.45) is 0.750. The van der Waals surface area contributed by atoms with Gasteiger partial charge >= 0.3 is 0 Å². The van der Waals surface area contributed by atoms with Gasteiger partial charge in [-0.1, -0.05) is 65.6 Å². The molecule has 1 aromatic heterocycles. The molecule has 3 aromatic rings. The lowest BCUT2D eigenvalue weighted by molar-refractivity contribution is -0.113. The number of para-hydroxylation sites is 1. The third-order valence-electron chi connectivity index (χ3n) is 3.65. The second-order valence-corrected chi connectivity index (χ2v) is 7.63. The first-order valence-electron chi connectivity index (χ1n) is 8.32. The van der Waals surface area contributed by atoms with Crippen LogP contribution in [0.5, 0.6) is 0 Å². The van der Waals surface area contributed by atoms with Crippen molar-refractivity contribution in [2.24, 2.45) is 0 Å². The van der Waals surface area contributed by atoms with Crippen LogP contribution in [-0.4, -0.2) is 34.3 Å². The Morgan fingerprint density at radius 3 is 2.59 bits per heavy atom. The maximum absolute atomic E-state index is 12.5. The average Bonchev–Trinajstić information content (AvgIpc) is 3.21. The van der Waals surface area contributed by atoms with E-state index in [0.29, 0.717) is 17.8 Å². The maximum Gasteiger partial charge on any atom is 0.253 e. The highest BCUT2D eigenvalue weighted by atomic mass is 32.2. The topological polar surface area (TPSA) is 84.0 Å². The van der Waals surface area contributed by atoms with Gasteiger partial charge in [0.25, 0.3) is 5.91 Å². The van der Waals surface area contributed by atoms with Crippen LogP contribution in [-0.2, 0) is 11.2 Å². The smallest absolute Gasteiger partial charge is 0.253 e. The van der Waals surface area contributed by atoms with Crippen molar-refractivity contribution in [2.45, 2.75) is 10.8 Å². The van der Waals surface area contributed by atoms with Gasteiger partial charge in [0.15, 0.2) is 4.34 Å². The molecule has 0 saturated heterocycles. The van der Waals surface area contributed by atoms with E-state index in [2.05, 4.69) is 20.8 Å². The van der Waals surface area contributed by atoms with E-state index in [4.69, 9.17) is 0 Å². The highest BCUT2D eigenvalue weighted by Gasteiger charge is 2.13. The van der Waals surface area contributed by atoms with Crippen molar-refractivity contribution in [3.8, 4) is 0 Å². The molecule has 0 aliphatic heterocycles. The number of nitrogens with one attached hydrogen (secondary N) is 2. The van der Waals surface area contributed by atoms with Gasteiger partial charge in [0, 0.05) is 6.54 Å². The van der Waals surface area contributed by atoms with Crippen LogP contribution in [0.3, 0.4) is 0 Å². The van der Waals surface area contributed by atoms with Crippen molar-refractivity contribution in [2.75, 3.05) is 17.6 Å². The molecule has 0 saturated carbocycles. The molecule has 0 fully saturated rings. The van der Waals surface area contributed by atoms with E-state index in [-0.39, 0.29) is 17.6 Å². The molecule has 0 aliphatic carbocycles. The van der Waals surface area contributed by atoms with Crippen LogP contribution in [0.4, 0.5) is 5.69 Å². The van der Waals surface area contributed by atoms with Crippen LogP contribution in [0.15, 0.2) is 64.4 Å². The highest BCUT2D eigenvalue weighted by molar-refractivity contribution is 8.01. The fourth-order valence-electron chi connectivity index (χ4n) is 2.39. The summed E-state index contributed by atoms with van der Waals surface area (Å²) in [6.45, 7) is 0.526. The molecule has 6 nitrogen and oxygen atoms in total. The number of amides is 2. The molecule has 0 aliphatic rings. The fraction of sp³-hybridized carbons (Fsp3) is 0.158. The van der Waals surface area contributed by atoms with Crippen LogP contribution in [0, 0.1) is 0 Å². The monoisotopic (exact) mass is 398 g/mol. The molecule has 0 unspecified atom stereocenters. The first-order valence-corrected chi connectivity index (χ1v) is 10.2. The predicted molar refractivity (Wildman–Crippen MR) is 108 cm³/mol. The summed E-state index contributed by atoms with van der Waals surface area (Å²) < 4.78 is 0.733. The lowest BCUT2D eigenvalue weighted by atomic mass is 10.1. The molecule has 0 radical (unpaired) electrons. The Labute approximate surface area is 165 Å². The summed E-state index contributed by atoms with van der Waals surface area (Å²) in [7, 11) is 0. The fourth-order valence-corrected chi connectivity index (χ4v) is 3.68. The van der Waals surface area contributed by atoms with Gasteiger partial charge in [-0.25, -0.2) is 0 Å². The second kappa shape index (κ2) is 9.84. The number of carbonyl (C=O) groups excluding carboxylic acids is 2. The van der Waals surface area contributed by atoms with Gasteiger partial charge in [-0.2, -0.15) is 0 Å². The van der Waals surface area contributed by atoms with Gasteiger partial charge in [-0.15, -0.1) is 10.2 Å². The van der Waals surface area contributed by atoms with Gasteiger partial charge < -0.3 is 10.6 Å². The Bertz CT molecular complexity index is 886. The minimum absolute atomic E-state index is 0.195. The van der Waals surface area contributed by atoms with Gasteiger partial charge in [0.05, 0.1) is 17.0 Å². The number of thioether (sulfide) groups is 1. The molecule has 8 heteroatoms. The lowest BCUT2D eigenvalue weighted by Gasteiger charge is -2.11. The van der Waals surface area contributed by atoms with E-state index in [0.717, 1.165) is 16.3 Å². The molecular formula is C19H18N4O2S2. The standard InChI is InChI=1S/C19H18N4O2S2/c24-17(12-26-19-23-21-13-27-19)22-16-9-5-4-8-15(16)18(25)20-11-10-14-6-2-1-3-7-14/h1-9,13H,10-12H2,(H,20,25)(H,22,24). The van der Waals surface area contributed by atoms with E-state index in [1.165, 1.54) is 23.1 Å². The Kier molecular flexibility index (Phi) is 6.95. The molecule has 138 valence electrons. The highest BCUT2D eigenvalue weighted by Crippen LogP contribution is 2.20. The number of nitrogens with zero attached hydrogens (tertiary/aromatic N) is 2. The summed E-state index contributed by atoms with van der Waals surface area (Å²) in [4.78, 5) is 24.7. The number of anilines is 1. The summed E-state index contributed by atoms with van der Waals surface area (Å²) in [5.74, 6) is -0.197. The molecule has 1 heterocycles. The molecule has 2 amide bonds. The first kappa shape index (κ1) is 19.1. The third kappa shape index (κ3) is 5.90. The molecular weight excluding hydrogens is 380 g/mol. The Morgan fingerprint density at radius 2 is 1.81 bits per heavy atom. The normalized spacial score (nSPS) is 10.4. The summed E-state index contributed by atoms with van der Waals surface area (Å²) in [6, 6.07) is 16.9. The number of rotatable bonds is 8. The van der Waals surface area contributed by atoms with E-state index < -0.39 is 0 Å². The predicted octanol–water partition coefficient (Wildman–Crippen LogP) is 3.24. The lowest BCUT2D eigenvalue weighted by Crippen LogP contribution is -2.27. The SMILES string of the molecule is O=C(CSc1nncs1)Nc1ccccc1C(=O)NCCc1ccccc1. The molecule has 3 rings (SSSR count). The van der Waals surface area contributed by atoms with Gasteiger partial charge in [-0.05, 0) is 24.1 Å². The zero-order valence-corrected chi connectivity index (χ0v) is 16.1. The molecule has 0 atom stereocenters. The molecule has 2 N–H and O–H groups in total. The Balaban J connectivity index is 1.54. The van der Waals surface area contributed by atoms with Crippen molar-refractivity contribution in [1.29, 1.82) is 0 Å². The minimum Gasteiger partial charge on any atom is -0.352 e. The van der Waals surface area contributed by atoms with Crippen LogP contribution in [0.2, 0.25) is 0 Å². The van der Waals surface area contributed by atoms with Gasteiger partial charge in [0.2, 0.25) is 5.91 Å². The van der Waals surface area contributed by atoms with Crippen molar-refractivity contribution in [3.05, 3.63) is 71.2 Å². The minimum atomic E-state index is -0.210. The largest absolute Gasteiger partial charge is 0.352 e. The van der Waals surface area contributed by atoms with E-state index in [1.54, 1.807) is 29.8 Å². The zero-order chi connectivity index (χ0) is 18.9. The summed E-state index contributed by atoms with van der Waals surface area (Å²) >= 11 is 2.70. The molecule has 0 bridgehead atoms. The summed E-state index contributed by atoms with van der Waals surface area (Å²) in [5.41, 5.74) is 3.72. The van der Waals surface area contributed by atoms with Gasteiger partial charge in [0.1, 0.15) is 5.51 Å². The molecule has 2 aromatic carbocycles. The van der Waals surface area contributed by atoms with E-state index >= 15 is 0 Å².